The zero-order chi connectivity index (χ0) is 14.3. The van der Waals surface area contributed by atoms with E-state index in [1.165, 1.54) is 18.2 Å². The second kappa shape index (κ2) is 7.35. The predicted octanol–water partition coefficient (Wildman–Crippen LogP) is 1.34. The van der Waals surface area contributed by atoms with Gasteiger partial charge in [0.2, 0.25) is 5.91 Å². The zero-order valence-electron chi connectivity index (χ0n) is 11.3. The highest BCUT2D eigenvalue weighted by molar-refractivity contribution is 5.94. The summed E-state index contributed by atoms with van der Waals surface area (Å²) in [6.07, 6.45) is 0. The fourth-order valence-corrected chi connectivity index (χ4v) is 1.40. The van der Waals surface area contributed by atoms with Gasteiger partial charge in [0.05, 0.1) is 6.54 Å². The Morgan fingerprint density at radius 3 is 2.74 bits per heavy atom. The van der Waals surface area contributed by atoms with Crippen LogP contribution in [0.1, 0.15) is 13.8 Å². The van der Waals surface area contributed by atoms with Gasteiger partial charge in [-0.1, -0.05) is 6.07 Å². The number of amides is 1. The van der Waals surface area contributed by atoms with Crippen molar-refractivity contribution in [2.75, 3.05) is 18.9 Å². The van der Waals surface area contributed by atoms with E-state index < -0.39 is 0 Å². The summed E-state index contributed by atoms with van der Waals surface area (Å²) in [5, 5.41) is 8.52. The Balaban J connectivity index is 2.43. The number of hydrogen-bond acceptors (Lipinski definition) is 2. The van der Waals surface area contributed by atoms with Crippen molar-refractivity contribution in [2.45, 2.75) is 19.9 Å². The highest BCUT2D eigenvalue weighted by Gasteiger charge is 2.05. The Kier molecular flexibility index (Phi) is 5.78. The number of guanidine groups is 1. The molecule has 0 aliphatic carbocycles. The van der Waals surface area contributed by atoms with Crippen LogP contribution in [-0.2, 0) is 4.79 Å². The van der Waals surface area contributed by atoms with Crippen LogP contribution in [0.4, 0.5) is 10.1 Å². The third kappa shape index (κ3) is 5.85. The van der Waals surface area contributed by atoms with E-state index in [0.717, 1.165) is 0 Å². The molecule has 0 saturated carbocycles. The number of hydrogen-bond donors (Lipinski definition) is 3. The SMILES string of the molecule is CN=C(NCC(=O)Nc1cccc(F)c1)NC(C)C. The first-order valence-electron chi connectivity index (χ1n) is 6.04. The molecule has 0 aliphatic heterocycles. The van der Waals surface area contributed by atoms with E-state index in [2.05, 4.69) is 20.9 Å². The lowest BCUT2D eigenvalue weighted by Crippen LogP contribution is -2.44. The van der Waals surface area contributed by atoms with Crippen molar-refractivity contribution in [3.05, 3.63) is 30.1 Å². The predicted molar refractivity (Wildman–Crippen MR) is 74.7 cm³/mol. The average Bonchev–Trinajstić information content (AvgIpc) is 2.34. The molecule has 19 heavy (non-hydrogen) atoms. The Morgan fingerprint density at radius 1 is 1.42 bits per heavy atom. The number of aliphatic imine (C=N–C) groups is 1. The summed E-state index contributed by atoms with van der Waals surface area (Å²) in [5.74, 6) is -0.107. The van der Waals surface area contributed by atoms with E-state index in [1.54, 1.807) is 13.1 Å². The van der Waals surface area contributed by atoms with Gasteiger partial charge in [0.1, 0.15) is 5.82 Å². The molecule has 0 spiro atoms. The van der Waals surface area contributed by atoms with Crippen molar-refractivity contribution in [1.29, 1.82) is 0 Å². The molecule has 1 rings (SSSR count). The average molecular weight is 266 g/mol. The van der Waals surface area contributed by atoms with Gasteiger partial charge >= 0.3 is 0 Å². The van der Waals surface area contributed by atoms with E-state index >= 15 is 0 Å². The second-order valence-electron chi connectivity index (χ2n) is 4.28. The Labute approximate surface area is 112 Å². The van der Waals surface area contributed by atoms with E-state index in [-0.39, 0.29) is 24.3 Å². The van der Waals surface area contributed by atoms with Crippen LogP contribution >= 0.6 is 0 Å². The van der Waals surface area contributed by atoms with Gasteiger partial charge in [0.15, 0.2) is 5.96 Å². The van der Waals surface area contributed by atoms with Crippen molar-refractivity contribution in [3.63, 3.8) is 0 Å². The van der Waals surface area contributed by atoms with Crippen LogP contribution in [0.2, 0.25) is 0 Å². The largest absolute Gasteiger partial charge is 0.354 e. The lowest BCUT2D eigenvalue weighted by Gasteiger charge is -2.14. The molecule has 0 radical (unpaired) electrons. The van der Waals surface area contributed by atoms with E-state index in [1.807, 2.05) is 13.8 Å². The Hall–Kier alpha value is -2.11. The molecular formula is C13H19FN4O. The van der Waals surface area contributed by atoms with Gasteiger partial charge in [-0.15, -0.1) is 0 Å². The molecule has 0 fully saturated rings. The number of anilines is 1. The molecule has 1 aromatic carbocycles. The highest BCUT2D eigenvalue weighted by atomic mass is 19.1. The molecule has 6 heteroatoms. The third-order valence-electron chi connectivity index (χ3n) is 2.17. The molecular weight excluding hydrogens is 247 g/mol. The fraction of sp³-hybridized carbons (Fsp3) is 0.385. The molecule has 0 bridgehead atoms. The van der Waals surface area contributed by atoms with Gasteiger partial charge < -0.3 is 16.0 Å². The summed E-state index contributed by atoms with van der Waals surface area (Å²) in [6.45, 7) is 4.00. The minimum atomic E-state index is -0.386. The number of rotatable bonds is 4. The molecule has 5 nitrogen and oxygen atoms in total. The Bertz CT molecular complexity index is 460. The van der Waals surface area contributed by atoms with Crippen molar-refractivity contribution in [2.24, 2.45) is 4.99 Å². The van der Waals surface area contributed by atoms with Gasteiger partial charge in [-0.3, -0.25) is 9.79 Å². The molecule has 104 valence electrons. The smallest absolute Gasteiger partial charge is 0.243 e. The van der Waals surface area contributed by atoms with Crippen LogP contribution in [0.25, 0.3) is 0 Å². The molecule has 0 aliphatic rings. The van der Waals surface area contributed by atoms with Gasteiger partial charge in [0.25, 0.3) is 0 Å². The Morgan fingerprint density at radius 2 is 2.16 bits per heavy atom. The van der Waals surface area contributed by atoms with Gasteiger partial charge in [-0.05, 0) is 32.0 Å². The normalized spacial score (nSPS) is 11.3. The summed E-state index contributed by atoms with van der Waals surface area (Å²) >= 11 is 0. The van der Waals surface area contributed by atoms with E-state index in [4.69, 9.17) is 0 Å². The lowest BCUT2D eigenvalue weighted by molar-refractivity contribution is -0.115. The van der Waals surface area contributed by atoms with E-state index in [0.29, 0.717) is 11.6 Å². The maximum absolute atomic E-state index is 12.9. The van der Waals surface area contributed by atoms with Crippen molar-refractivity contribution >= 4 is 17.6 Å². The molecule has 1 amide bonds. The first kappa shape index (κ1) is 14.9. The monoisotopic (exact) mass is 266 g/mol. The number of halogens is 1. The molecule has 1 aromatic rings. The lowest BCUT2D eigenvalue weighted by atomic mass is 10.3. The fourth-order valence-electron chi connectivity index (χ4n) is 1.40. The number of carbonyl (C=O) groups excluding carboxylic acids is 1. The third-order valence-corrected chi connectivity index (χ3v) is 2.17. The number of nitrogens with zero attached hydrogens (tertiary/aromatic N) is 1. The summed E-state index contributed by atoms with van der Waals surface area (Å²) in [5.41, 5.74) is 0.429. The van der Waals surface area contributed by atoms with Crippen LogP contribution in [-0.4, -0.2) is 31.5 Å². The van der Waals surface area contributed by atoms with Gasteiger partial charge in [-0.25, -0.2) is 4.39 Å². The molecule has 0 atom stereocenters. The van der Waals surface area contributed by atoms with Gasteiger partial charge in [-0.2, -0.15) is 0 Å². The van der Waals surface area contributed by atoms with Crippen molar-refractivity contribution in [3.8, 4) is 0 Å². The molecule has 0 saturated heterocycles. The maximum atomic E-state index is 12.9. The molecule has 0 aromatic heterocycles. The van der Waals surface area contributed by atoms with Crippen LogP contribution in [0.5, 0.6) is 0 Å². The zero-order valence-corrected chi connectivity index (χ0v) is 11.3. The minimum Gasteiger partial charge on any atom is -0.354 e. The van der Waals surface area contributed by atoms with Crippen LogP contribution in [0.3, 0.4) is 0 Å². The molecule has 0 unspecified atom stereocenters. The maximum Gasteiger partial charge on any atom is 0.243 e. The van der Waals surface area contributed by atoms with E-state index in [9.17, 15) is 9.18 Å². The summed E-state index contributed by atoms with van der Waals surface area (Å²) < 4.78 is 12.9. The minimum absolute atomic E-state index is 0.0584. The van der Waals surface area contributed by atoms with Gasteiger partial charge in [0, 0.05) is 18.8 Å². The number of benzene rings is 1. The first-order valence-corrected chi connectivity index (χ1v) is 6.04. The molecule has 0 heterocycles. The standard InChI is InChI=1S/C13H19FN4O/c1-9(2)17-13(15-3)16-8-12(19)18-11-6-4-5-10(14)7-11/h4-7,9H,8H2,1-3H3,(H,18,19)(H2,15,16,17). The second-order valence-corrected chi connectivity index (χ2v) is 4.28. The van der Waals surface area contributed by atoms with Crippen LogP contribution in [0.15, 0.2) is 29.3 Å². The number of carbonyl (C=O) groups is 1. The van der Waals surface area contributed by atoms with Crippen molar-refractivity contribution < 1.29 is 9.18 Å². The summed E-state index contributed by atoms with van der Waals surface area (Å²) in [7, 11) is 1.63. The first-order chi connectivity index (χ1) is 9.01. The summed E-state index contributed by atoms with van der Waals surface area (Å²) in [4.78, 5) is 15.6. The number of nitrogens with one attached hydrogen (secondary N) is 3. The topological polar surface area (TPSA) is 65.5 Å². The molecule has 3 N–H and O–H groups in total. The summed E-state index contributed by atoms with van der Waals surface area (Å²) in [6, 6.07) is 5.97. The van der Waals surface area contributed by atoms with Crippen LogP contribution < -0.4 is 16.0 Å². The quantitative estimate of drug-likeness (QED) is 0.569. The highest BCUT2D eigenvalue weighted by Crippen LogP contribution is 2.08. The van der Waals surface area contributed by atoms with Crippen molar-refractivity contribution in [1.82, 2.24) is 10.6 Å². The van der Waals surface area contributed by atoms with Crippen LogP contribution in [0, 0.1) is 5.82 Å².